The number of aromatic amines is 1. The number of thiophene rings is 1. The Bertz CT molecular complexity index is 1810. The number of amides is 1. The van der Waals surface area contributed by atoms with Gasteiger partial charge in [0.2, 0.25) is 5.91 Å². The molecule has 0 aliphatic carbocycles. The fraction of sp³-hybridized carbons (Fsp3) is 0.148. The van der Waals surface area contributed by atoms with Gasteiger partial charge in [0, 0.05) is 46.6 Å². The number of pyridine rings is 3. The van der Waals surface area contributed by atoms with Gasteiger partial charge in [0.15, 0.2) is 17.4 Å². The zero-order valence-corrected chi connectivity index (χ0v) is 21.7. The van der Waals surface area contributed by atoms with Crippen molar-refractivity contribution in [3.05, 3.63) is 76.8 Å². The molecule has 1 amide bonds. The number of ketones is 1. The molecule has 0 radical (unpaired) electrons. The number of hydrogen-bond donors (Lipinski definition) is 3. The molecular formula is C27H21FN8O2S. The first-order valence-corrected chi connectivity index (χ1v) is 12.9. The maximum Gasteiger partial charge on any atom is 0.224 e. The van der Waals surface area contributed by atoms with E-state index in [2.05, 4.69) is 35.8 Å². The largest absolute Gasteiger partial charge is 0.335 e. The molecule has 0 unspecified atom stereocenters. The molecule has 6 rings (SSSR count). The van der Waals surface area contributed by atoms with Crippen molar-refractivity contribution in [2.75, 3.05) is 5.32 Å². The third-order valence-electron chi connectivity index (χ3n) is 6.25. The molecule has 6 heterocycles. The highest BCUT2D eigenvalue weighted by atomic mass is 32.1. The predicted octanol–water partition coefficient (Wildman–Crippen LogP) is 4.69. The van der Waals surface area contributed by atoms with Crippen LogP contribution in [0, 0.1) is 5.82 Å². The third-order valence-corrected chi connectivity index (χ3v) is 7.47. The Morgan fingerprint density at radius 3 is 2.77 bits per heavy atom. The van der Waals surface area contributed by atoms with E-state index in [1.54, 1.807) is 37.6 Å². The number of H-pyrrole nitrogens is 1. The summed E-state index contributed by atoms with van der Waals surface area (Å²) in [5, 5.41) is 7.13. The molecule has 0 saturated carbocycles. The number of hydrazone groups is 1. The van der Waals surface area contributed by atoms with Crippen LogP contribution in [0.2, 0.25) is 0 Å². The van der Waals surface area contributed by atoms with Crippen LogP contribution < -0.4 is 10.7 Å². The van der Waals surface area contributed by atoms with Crippen molar-refractivity contribution in [3.8, 4) is 21.7 Å². The Kier molecular flexibility index (Phi) is 6.15. The molecule has 0 bridgehead atoms. The van der Waals surface area contributed by atoms with Gasteiger partial charge in [-0.05, 0) is 25.1 Å². The van der Waals surface area contributed by atoms with Crippen LogP contribution in [0.4, 0.5) is 10.1 Å². The molecule has 5 aromatic heterocycles. The molecule has 0 aromatic carbocycles. The first-order valence-electron chi connectivity index (χ1n) is 12.1. The van der Waals surface area contributed by atoms with Crippen LogP contribution in [0.15, 0.2) is 54.3 Å². The van der Waals surface area contributed by atoms with Crippen LogP contribution in [0.5, 0.6) is 0 Å². The molecule has 39 heavy (non-hydrogen) atoms. The van der Waals surface area contributed by atoms with Gasteiger partial charge in [0.1, 0.15) is 16.9 Å². The van der Waals surface area contributed by atoms with Gasteiger partial charge in [-0.15, -0.1) is 11.3 Å². The molecular weight excluding hydrogens is 519 g/mol. The van der Waals surface area contributed by atoms with Crippen molar-refractivity contribution < 1.29 is 14.0 Å². The number of Topliss-reactive ketones (excluding diaryl/α,β-unsaturated/α-hetero) is 1. The molecule has 1 aliphatic heterocycles. The average Bonchev–Trinajstić information content (AvgIpc) is 3.61. The second-order valence-corrected chi connectivity index (χ2v) is 9.95. The zero-order valence-electron chi connectivity index (χ0n) is 20.9. The standard InChI is InChI=1S/C27H21FN8O2S/c1-3-21(38)33-16-6-14(7-29-10-16)24-23(28)22-15(8-31-24)9-32-36-26(22)27-34-18-12-30-11-17(25(18)35-27)20-5-4-19(39-20)13(2)37/h4-8,10-12,32H,3,9H2,1-2H3,(H,33,38)(H,34,35). The highest BCUT2D eigenvalue weighted by molar-refractivity contribution is 7.17. The lowest BCUT2D eigenvalue weighted by molar-refractivity contribution is -0.115. The molecule has 1 aliphatic rings. The van der Waals surface area contributed by atoms with Gasteiger partial charge in [-0.25, -0.2) is 9.37 Å². The lowest BCUT2D eigenvalue weighted by Gasteiger charge is -2.18. The minimum absolute atomic E-state index is 0.0123. The van der Waals surface area contributed by atoms with E-state index < -0.39 is 5.82 Å². The number of carbonyl (C=O) groups is 2. The van der Waals surface area contributed by atoms with E-state index in [1.807, 2.05) is 6.07 Å². The Balaban J connectivity index is 1.43. The Labute approximate surface area is 225 Å². The second-order valence-electron chi connectivity index (χ2n) is 8.87. The summed E-state index contributed by atoms with van der Waals surface area (Å²) in [6.45, 7) is 3.56. The summed E-state index contributed by atoms with van der Waals surface area (Å²) >= 11 is 1.36. The Morgan fingerprint density at radius 2 is 1.97 bits per heavy atom. The van der Waals surface area contributed by atoms with Gasteiger partial charge in [-0.1, -0.05) is 6.92 Å². The number of anilines is 1. The summed E-state index contributed by atoms with van der Waals surface area (Å²) < 4.78 is 16.1. The first-order chi connectivity index (χ1) is 18.9. The third kappa shape index (κ3) is 4.44. The summed E-state index contributed by atoms with van der Waals surface area (Å²) in [5.41, 5.74) is 7.08. The van der Waals surface area contributed by atoms with E-state index in [4.69, 9.17) is 4.98 Å². The average molecular weight is 541 g/mol. The summed E-state index contributed by atoms with van der Waals surface area (Å²) in [7, 11) is 0. The van der Waals surface area contributed by atoms with Gasteiger partial charge in [0.05, 0.1) is 40.6 Å². The van der Waals surface area contributed by atoms with E-state index in [0.29, 0.717) is 57.2 Å². The molecule has 0 fully saturated rings. The normalized spacial score (nSPS) is 12.5. The Hall–Kier alpha value is -4.84. The summed E-state index contributed by atoms with van der Waals surface area (Å²) in [6, 6.07) is 5.27. The molecule has 0 atom stereocenters. The van der Waals surface area contributed by atoms with Gasteiger partial charge in [-0.3, -0.25) is 24.5 Å². The quantitative estimate of drug-likeness (QED) is 0.266. The van der Waals surface area contributed by atoms with Gasteiger partial charge >= 0.3 is 0 Å². The van der Waals surface area contributed by atoms with Crippen molar-refractivity contribution in [1.82, 2.24) is 30.3 Å². The highest BCUT2D eigenvalue weighted by Gasteiger charge is 2.27. The molecule has 10 nitrogen and oxygen atoms in total. The molecule has 12 heteroatoms. The SMILES string of the molecule is CCC(=O)Nc1cncc(-c2ncc3c(c2F)C(c2nc4c(-c5ccc(C(C)=O)s5)cncc4[nH]2)=NNC3)c1. The topological polar surface area (TPSA) is 138 Å². The lowest BCUT2D eigenvalue weighted by Crippen LogP contribution is -2.24. The summed E-state index contributed by atoms with van der Waals surface area (Å²) in [4.78, 5) is 45.9. The molecule has 0 spiro atoms. The number of nitrogens with zero attached hydrogens (tertiary/aromatic N) is 5. The van der Waals surface area contributed by atoms with E-state index in [1.165, 1.54) is 30.7 Å². The number of fused-ring (bicyclic) bond motifs is 2. The van der Waals surface area contributed by atoms with E-state index in [9.17, 15) is 9.59 Å². The van der Waals surface area contributed by atoms with Gasteiger partial charge < -0.3 is 15.7 Å². The fourth-order valence-corrected chi connectivity index (χ4v) is 5.24. The Morgan fingerprint density at radius 1 is 1.13 bits per heavy atom. The van der Waals surface area contributed by atoms with Crippen LogP contribution in [-0.4, -0.2) is 42.3 Å². The van der Waals surface area contributed by atoms with Crippen molar-refractivity contribution >= 4 is 45.5 Å². The molecule has 3 N–H and O–H groups in total. The maximum atomic E-state index is 16.1. The van der Waals surface area contributed by atoms with Crippen molar-refractivity contribution in [2.45, 2.75) is 26.8 Å². The first kappa shape index (κ1) is 24.5. The van der Waals surface area contributed by atoms with Crippen molar-refractivity contribution in [1.29, 1.82) is 0 Å². The summed E-state index contributed by atoms with van der Waals surface area (Å²) in [6.07, 6.45) is 8.23. The van der Waals surface area contributed by atoms with Gasteiger partial charge in [-0.2, -0.15) is 5.10 Å². The van der Waals surface area contributed by atoms with Crippen molar-refractivity contribution in [2.24, 2.45) is 5.10 Å². The predicted molar refractivity (Wildman–Crippen MR) is 146 cm³/mol. The fourth-order valence-electron chi connectivity index (χ4n) is 4.33. The zero-order chi connectivity index (χ0) is 27.1. The number of rotatable bonds is 6. The number of imidazole rings is 1. The number of carbonyl (C=O) groups excluding carboxylic acids is 2. The minimum Gasteiger partial charge on any atom is -0.335 e. The van der Waals surface area contributed by atoms with E-state index >= 15 is 4.39 Å². The lowest BCUT2D eigenvalue weighted by atomic mass is 9.99. The number of hydrogen-bond acceptors (Lipinski definition) is 9. The number of halogens is 1. The molecule has 5 aromatic rings. The van der Waals surface area contributed by atoms with Crippen LogP contribution in [0.3, 0.4) is 0 Å². The molecule has 0 saturated heterocycles. The minimum atomic E-state index is -0.573. The van der Waals surface area contributed by atoms with Crippen LogP contribution in [0.25, 0.3) is 32.7 Å². The van der Waals surface area contributed by atoms with E-state index in [0.717, 1.165) is 10.4 Å². The van der Waals surface area contributed by atoms with Crippen molar-refractivity contribution in [3.63, 3.8) is 0 Å². The van der Waals surface area contributed by atoms with Gasteiger partial charge in [0.25, 0.3) is 0 Å². The van der Waals surface area contributed by atoms with Crippen LogP contribution >= 0.6 is 11.3 Å². The summed E-state index contributed by atoms with van der Waals surface area (Å²) in [5.74, 6) is -0.403. The van der Waals surface area contributed by atoms with Crippen LogP contribution in [-0.2, 0) is 11.3 Å². The highest BCUT2D eigenvalue weighted by Crippen LogP contribution is 2.34. The monoisotopic (exact) mass is 540 g/mol. The number of aromatic nitrogens is 5. The van der Waals surface area contributed by atoms with Crippen LogP contribution in [0.1, 0.15) is 46.9 Å². The maximum absolute atomic E-state index is 16.1. The smallest absolute Gasteiger partial charge is 0.224 e. The number of nitrogens with one attached hydrogen (secondary N) is 3. The second kappa shape index (κ2) is 9.80. The molecule has 194 valence electrons. The van der Waals surface area contributed by atoms with E-state index in [-0.39, 0.29) is 22.9 Å².